The number of pyridine rings is 1. The summed E-state index contributed by atoms with van der Waals surface area (Å²) >= 11 is 0. The molecule has 2 heterocycles. The van der Waals surface area contributed by atoms with Gasteiger partial charge in [-0.2, -0.15) is 0 Å². The fraction of sp³-hybridized carbons (Fsp3) is 0.471. The Labute approximate surface area is 125 Å². The molecule has 1 fully saturated rings. The number of hydrogen-bond donors (Lipinski definition) is 1. The van der Waals surface area contributed by atoms with E-state index in [4.69, 9.17) is 9.47 Å². The molecule has 1 unspecified atom stereocenters. The van der Waals surface area contributed by atoms with E-state index in [9.17, 15) is 0 Å². The van der Waals surface area contributed by atoms with Gasteiger partial charge in [-0.3, -0.25) is 4.98 Å². The number of anilines is 1. The minimum atomic E-state index is -0.00988. The second-order valence-electron chi connectivity index (χ2n) is 5.45. The van der Waals surface area contributed by atoms with Crippen LogP contribution >= 0.6 is 0 Å². The molecule has 4 heteroatoms. The topological polar surface area (TPSA) is 43.4 Å². The lowest BCUT2D eigenvalue weighted by molar-refractivity contribution is -0.159. The number of aromatic nitrogens is 1. The zero-order chi connectivity index (χ0) is 14.5. The number of benzene rings is 1. The molecule has 0 bridgehead atoms. The van der Waals surface area contributed by atoms with Crippen LogP contribution in [-0.4, -0.2) is 31.0 Å². The molecule has 1 atom stereocenters. The maximum Gasteiger partial charge on any atom is 0.157 e. The molecule has 21 heavy (non-hydrogen) atoms. The first-order chi connectivity index (χ1) is 10.3. The van der Waals surface area contributed by atoms with Crippen molar-refractivity contribution in [1.29, 1.82) is 0 Å². The average Bonchev–Trinajstić information content (AvgIpc) is 2.52. The molecule has 1 aliphatic heterocycles. The first-order valence-corrected chi connectivity index (χ1v) is 7.66. The summed E-state index contributed by atoms with van der Waals surface area (Å²) in [6, 6.07) is 10.4. The molecule has 3 rings (SSSR count). The Hall–Kier alpha value is -1.65. The Morgan fingerprint density at radius 1 is 1.29 bits per heavy atom. The van der Waals surface area contributed by atoms with Gasteiger partial charge in [0.25, 0.3) is 0 Å². The van der Waals surface area contributed by atoms with E-state index in [0.29, 0.717) is 6.61 Å². The Balaban J connectivity index is 1.49. The van der Waals surface area contributed by atoms with Crippen molar-refractivity contribution in [3.63, 3.8) is 0 Å². The summed E-state index contributed by atoms with van der Waals surface area (Å²) < 4.78 is 11.3. The third-order valence-corrected chi connectivity index (χ3v) is 3.70. The van der Waals surface area contributed by atoms with Gasteiger partial charge in [0.15, 0.2) is 6.29 Å². The Morgan fingerprint density at radius 3 is 3.10 bits per heavy atom. The summed E-state index contributed by atoms with van der Waals surface area (Å²) in [5.74, 6) is 0. The Bertz CT molecular complexity index is 594. The summed E-state index contributed by atoms with van der Waals surface area (Å²) in [7, 11) is 0. The monoisotopic (exact) mass is 286 g/mol. The zero-order valence-corrected chi connectivity index (χ0v) is 12.5. The molecule has 0 spiro atoms. The fourth-order valence-corrected chi connectivity index (χ4v) is 2.57. The highest BCUT2D eigenvalue weighted by molar-refractivity contribution is 5.82. The van der Waals surface area contributed by atoms with Gasteiger partial charge in [0.1, 0.15) is 0 Å². The van der Waals surface area contributed by atoms with Gasteiger partial charge in [0.2, 0.25) is 0 Å². The third-order valence-electron chi connectivity index (χ3n) is 3.70. The largest absolute Gasteiger partial charge is 0.383 e. The predicted octanol–water partition coefficient (Wildman–Crippen LogP) is 3.50. The van der Waals surface area contributed by atoms with Crippen LogP contribution in [0.3, 0.4) is 0 Å². The second-order valence-corrected chi connectivity index (χ2v) is 5.45. The van der Waals surface area contributed by atoms with Crippen molar-refractivity contribution in [1.82, 2.24) is 4.98 Å². The van der Waals surface area contributed by atoms with Gasteiger partial charge in [-0.15, -0.1) is 0 Å². The van der Waals surface area contributed by atoms with Crippen LogP contribution in [0.1, 0.15) is 25.0 Å². The minimum Gasteiger partial charge on any atom is -0.383 e. The summed E-state index contributed by atoms with van der Waals surface area (Å²) in [4.78, 5) is 4.51. The maximum absolute atomic E-state index is 5.71. The molecule has 1 aromatic carbocycles. The maximum atomic E-state index is 5.71. The van der Waals surface area contributed by atoms with E-state index in [0.717, 1.165) is 48.3 Å². The molecule has 0 aliphatic carbocycles. The number of nitrogens with zero attached hydrogens (tertiary/aromatic N) is 1. The van der Waals surface area contributed by atoms with Gasteiger partial charge in [-0.25, -0.2) is 0 Å². The molecule has 0 saturated carbocycles. The summed E-state index contributed by atoms with van der Waals surface area (Å²) in [6.45, 7) is 4.28. The number of hydrogen-bond acceptors (Lipinski definition) is 4. The zero-order valence-electron chi connectivity index (χ0n) is 12.5. The van der Waals surface area contributed by atoms with Gasteiger partial charge in [0, 0.05) is 29.9 Å². The van der Waals surface area contributed by atoms with Crippen molar-refractivity contribution in [2.45, 2.75) is 32.5 Å². The van der Waals surface area contributed by atoms with Crippen molar-refractivity contribution in [3.8, 4) is 0 Å². The van der Waals surface area contributed by atoms with Crippen molar-refractivity contribution in [2.75, 3.05) is 25.1 Å². The van der Waals surface area contributed by atoms with Crippen molar-refractivity contribution in [3.05, 3.63) is 36.0 Å². The molecule has 0 radical (unpaired) electrons. The molecule has 1 aromatic heterocycles. The van der Waals surface area contributed by atoms with Gasteiger partial charge < -0.3 is 14.8 Å². The number of rotatable bonds is 5. The highest BCUT2D eigenvalue weighted by Crippen LogP contribution is 2.18. The number of aryl methyl sites for hydroxylation is 1. The lowest BCUT2D eigenvalue weighted by Crippen LogP contribution is -2.24. The number of fused-ring (bicyclic) bond motifs is 1. The molecular formula is C17H22N2O2. The molecule has 112 valence electrons. The van der Waals surface area contributed by atoms with Crippen LogP contribution in [0.5, 0.6) is 0 Å². The molecule has 0 amide bonds. The second kappa shape index (κ2) is 6.87. The standard InChI is InChI=1S/C17H22N2O2/c1-13-5-6-14-12-15(7-8-16(14)19-13)18-9-11-21-17-4-2-3-10-20-17/h5-8,12,17-18H,2-4,9-11H2,1H3. The van der Waals surface area contributed by atoms with Crippen LogP contribution in [0.25, 0.3) is 10.9 Å². The normalized spacial score (nSPS) is 18.8. The Morgan fingerprint density at radius 2 is 2.24 bits per heavy atom. The number of ether oxygens (including phenoxy) is 2. The van der Waals surface area contributed by atoms with Crippen LogP contribution in [0.2, 0.25) is 0 Å². The molecule has 2 aromatic rings. The SMILES string of the molecule is Cc1ccc2cc(NCCOC3CCCCO3)ccc2n1. The summed E-state index contributed by atoms with van der Waals surface area (Å²) in [5, 5.41) is 4.54. The smallest absolute Gasteiger partial charge is 0.157 e. The first-order valence-electron chi connectivity index (χ1n) is 7.66. The van der Waals surface area contributed by atoms with Crippen molar-refractivity contribution in [2.24, 2.45) is 0 Å². The van der Waals surface area contributed by atoms with Crippen LogP contribution < -0.4 is 5.32 Å². The fourth-order valence-electron chi connectivity index (χ4n) is 2.57. The first kappa shape index (κ1) is 14.3. The molecule has 1 N–H and O–H groups in total. The summed E-state index contributed by atoms with van der Waals surface area (Å²) in [5.41, 5.74) is 3.18. The minimum absolute atomic E-state index is 0.00988. The van der Waals surface area contributed by atoms with Gasteiger partial charge >= 0.3 is 0 Å². The van der Waals surface area contributed by atoms with Crippen LogP contribution in [-0.2, 0) is 9.47 Å². The lowest BCUT2D eigenvalue weighted by atomic mass is 10.2. The van der Waals surface area contributed by atoms with Gasteiger partial charge in [-0.1, -0.05) is 6.07 Å². The predicted molar refractivity (Wildman–Crippen MR) is 84.5 cm³/mol. The van der Waals surface area contributed by atoms with E-state index >= 15 is 0 Å². The van der Waals surface area contributed by atoms with Crippen LogP contribution in [0, 0.1) is 6.92 Å². The van der Waals surface area contributed by atoms with E-state index in [1.165, 1.54) is 6.42 Å². The van der Waals surface area contributed by atoms with Crippen molar-refractivity contribution < 1.29 is 9.47 Å². The molecular weight excluding hydrogens is 264 g/mol. The van der Waals surface area contributed by atoms with Crippen molar-refractivity contribution >= 4 is 16.6 Å². The van der Waals surface area contributed by atoms with E-state index in [1.807, 2.05) is 13.0 Å². The summed E-state index contributed by atoms with van der Waals surface area (Å²) in [6.07, 6.45) is 3.36. The lowest BCUT2D eigenvalue weighted by Gasteiger charge is -2.22. The highest BCUT2D eigenvalue weighted by Gasteiger charge is 2.13. The quantitative estimate of drug-likeness (QED) is 0.854. The highest BCUT2D eigenvalue weighted by atomic mass is 16.7. The average molecular weight is 286 g/mol. The molecule has 1 saturated heterocycles. The van der Waals surface area contributed by atoms with Gasteiger partial charge in [-0.05, 0) is 50.5 Å². The molecule has 4 nitrogen and oxygen atoms in total. The molecule has 1 aliphatic rings. The van der Waals surface area contributed by atoms with E-state index in [-0.39, 0.29) is 6.29 Å². The van der Waals surface area contributed by atoms with Gasteiger partial charge in [0.05, 0.1) is 12.1 Å². The van der Waals surface area contributed by atoms with Crippen LogP contribution in [0.4, 0.5) is 5.69 Å². The Kier molecular flexibility index (Phi) is 4.68. The third kappa shape index (κ3) is 3.93. The van der Waals surface area contributed by atoms with E-state index in [2.05, 4.69) is 34.6 Å². The van der Waals surface area contributed by atoms with E-state index < -0.39 is 0 Å². The van der Waals surface area contributed by atoms with E-state index in [1.54, 1.807) is 0 Å². The van der Waals surface area contributed by atoms with Crippen LogP contribution in [0.15, 0.2) is 30.3 Å². The number of nitrogens with one attached hydrogen (secondary N) is 1.